The number of aliphatic carboxylic acids is 2. The molecule has 0 spiro atoms. The molecule has 0 amide bonds. The van der Waals surface area contributed by atoms with Crippen LogP contribution in [0.4, 0.5) is 0 Å². The molecule has 10 nitrogen and oxygen atoms in total. The van der Waals surface area contributed by atoms with Gasteiger partial charge in [-0.15, -0.1) is 0 Å². The van der Waals surface area contributed by atoms with Gasteiger partial charge in [0.2, 0.25) is 0 Å². The van der Waals surface area contributed by atoms with Crippen LogP contribution in [0.5, 0.6) is 0 Å². The summed E-state index contributed by atoms with van der Waals surface area (Å²) in [6.07, 6.45) is 27.8. The molecule has 11 heteroatoms. The molecule has 2 aromatic carbocycles. The molecule has 0 heterocycles. The minimum Gasteiger partial charge on any atom is -0.550 e. The van der Waals surface area contributed by atoms with Crippen LogP contribution in [0.1, 0.15) is 219 Å². The van der Waals surface area contributed by atoms with Gasteiger partial charge in [-0.2, -0.15) is 0 Å². The fourth-order valence-corrected chi connectivity index (χ4v) is 7.80. The van der Waals surface area contributed by atoms with Crippen LogP contribution in [0, 0.1) is 0 Å². The van der Waals surface area contributed by atoms with E-state index in [0.717, 1.165) is 141 Å². The van der Waals surface area contributed by atoms with Crippen molar-refractivity contribution in [1.82, 2.24) is 0 Å². The Labute approximate surface area is 434 Å². The van der Waals surface area contributed by atoms with E-state index in [1.54, 1.807) is 0 Å². The molecular formula is C54H86BaO10. The Morgan fingerprint density at radius 1 is 0.415 bits per heavy atom. The third-order valence-electron chi connectivity index (χ3n) is 11.5. The van der Waals surface area contributed by atoms with E-state index < -0.39 is 11.9 Å². The SMILES string of the molecule is CC(=O)OC(CCCCCCCCC(=O)[O-])CCCCCCC(C)OCc1ccccc1.CC(=O)OC(CCCCCCCCC(=O)[O-])CCCCCCC(C)OCc1ccccc1.[Ba+2]. The number of hydrogen-bond acceptors (Lipinski definition) is 10. The molecule has 0 fully saturated rings. The van der Waals surface area contributed by atoms with Crippen molar-refractivity contribution in [1.29, 1.82) is 0 Å². The molecule has 2 rings (SSSR count). The van der Waals surface area contributed by atoms with Gasteiger partial charge in [0, 0.05) is 25.8 Å². The van der Waals surface area contributed by atoms with Crippen molar-refractivity contribution in [2.45, 2.75) is 245 Å². The number of carbonyl (C=O) groups is 4. The molecule has 0 N–H and O–H groups in total. The molecule has 65 heavy (non-hydrogen) atoms. The van der Waals surface area contributed by atoms with Gasteiger partial charge in [-0.1, -0.05) is 151 Å². The van der Waals surface area contributed by atoms with Crippen molar-refractivity contribution in [3.8, 4) is 0 Å². The second kappa shape index (κ2) is 44.3. The summed E-state index contributed by atoms with van der Waals surface area (Å²) in [5.41, 5.74) is 2.43. The summed E-state index contributed by atoms with van der Waals surface area (Å²) in [4.78, 5) is 43.6. The number of hydrogen-bond donors (Lipinski definition) is 0. The van der Waals surface area contributed by atoms with Gasteiger partial charge in [-0.3, -0.25) is 9.59 Å². The first-order valence-electron chi connectivity index (χ1n) is 25.0. The van der Waals surface area contributed by atoms with Crippen molar-refractivity contribution in [3.05, 3.63) is 71.8 Å². The van der Waals surface area contributed by atoms with E-state index in [0.29, 0.717) is 26.1 Å². The Kier molecular flexibility index (Phi) is 42.8. The smallest absolute Gasteiger partial charge is 0.550 e. The van der Waals surface area contributed by atoms with Gasteiger partial charge >= 0.3 is 60.8 Å². The van der Waals surface area contributed by atoms with Crippen LogP contribution >= 0.6 is 0 Å². The maximum Gasteiger partial charge on any atom is 2.00 e. The Bertz CT molecular complexity index is 1320. The second-order valence-electron chi connectivity index (χ2n) is 17.7. The molecule has 364 valence electrons. The normalized spacial score (nSPS) is 12.7. The zero-order chi connectivity index (χ0) is 46.9. The minimum atomic E-state index is -0.958. The van der Waals surface area contributed by atoms with Crippen LogP contribution in [0.2, 0.25) is 0 Å². The first-order valence-corrected chi connectivity index (χ1v) is 25.0. The topological polar surface area (TPSA) is 151 Å². The molecule has 4 atom stereocenters. The molecule has 0 aromatic heterocycles. The number of ether oxygens (including phenoxy) is 4. The van der Waals surface area contributed by atoms with Crippen molar-refractivity contribution >= 4 is 72.8 Å². The second-order valence-corrected chi connectivity index (χ2v) is 17.7. The number of esters is 2. The third-order valence-corrected chi connectivity index (χ3v) is 11.5. The van der Waals surface area contributed by atoms with Gasteiger partial charge in [0.1, 0.15) is 12.2 Å². The summed E-state index contributed by atoms with van der Waals surface area (Å²) in [5.74, 6) is -2.30. The van der Waals surface area contributed by atoms with Crippen LogP contribution < -0.4 is 10.2 Å². The molecule has 0 saturated carbocycles. The summed E-state index contributed by atoms with van der Waals surface area (Å²) in [6.45, 7) is 8.60. The number of benzene rings is 2. The first kappa shape index (κ1) is 62.8. The van der Waals surface area contributed by atoms with Crippen molar-refractivity contribution in [3.63, 3.8) is 0 Å². The summed E-state index contributed by atoms with van der Waals surface area (Å²) in [5, 5.41) is 20.8. The van der Waals surface area contributed by atoms with Crippen LogP contribution in [-0.4, -0.2) is 97.2 Å². The van der Waals surface area contributed by atoms with E-state index in [-0.39, 0.29) is 98.1 Å². The van der Waals surface area contributed by atoms with E-state index in [1.165, 1.54) is 37.8 Å². The van der Waals surface area contributed by atoms with Crippen molar-refractivity contribution in [2.75, 3.05) is 0 Å². The molecular weight excluding hydrogens is 946 g/mol. The van der Waals surface area contributed by atoms with Crippen LogP contribution in [0.3, 0.4) is 0 Å². The molecule has 0 radical (unpaired) electrons. The average Bonchev–Trinajstić information content (AvgIpc) is 3.26. The standard InChI is InChI=1S/2C27H44O5.Ba/c2*1-23(31-22-25-17-11-9-12-18-25)16-10-7-8-14-20-26(32-24(2)28)19-13-5-3-4-6-15-21-27(29)30;/h2*9,11-12,17-18,23,26H,3-8,10,13-16,19-22H2,1-2H3,(H,29,30);/q;;+2/p-2. The Morgan fingerprint density at radius 2 is 0.677 bits per heavy atom. The third kappa shape index (κ3) is 42.9. The summed E-state index contributed by atoms with van der Waals surface area (Å²) >= 11 is 0. The minimum absolute atomic E-state index is 0. The molecule has 0 aliphatic rings. The predicted octanol–water partition coefficient (Wildman–Crippen LogP) is 11.1. The fourth-order valence-electron chi connectivity index (χ4n) is 7.80. The first-order chi connectivity index (χ1) is 30.9. The zero-order valence-corrected chi connectivity index (χ0v) is 45.5. The van der Waals surface area contributed by atoms with E-state index in [4.69, 9.17) is 18.9 Å². The monoisotopic (exact) mass is 1030 g/mol. The van der Waals surface area contributed by atoms with Crippen LogP contribution in [-0.2, 0) is 51.3 Å². The van der Waals surface area contributed by atoms with Gasteiger partial charge in [0.05, 0.1) is 25.4 Å². The van der Waals surface area contributed by atoms with Gasteiger partial charge in [0.15, 0.2) is 0 Å². The van der Waals surface area contributed by atoms with Gasteiger partial charge in [0.25, 0.3) is 0 Å². The number of unbranched alkanes of at least 4 members (excludes halogenated alkanes) is 16. The van der Waals surface area contributed by atoms with E-state index in [2.05, 4.69) is 38.1 Å². The number of carboxylic acid groups (broad SMARTS) is 2. The van der Waals surface area contributed by atoms with Crippen LogP contribution in [0.25, 0.3) is 0 Å². The van der Waals surface area contributed by atoms with E-state index in [1.807, 2.05) is 36.4 Å². The number of carbonyl (C=O) groups excluding carboxylic acids is 4. The zero-order valence-electron chi connectivity index (χ0n) is 41.1. The van der Waals surface area contributed by atoms with Crippen molar-refractivity contribution in [2.24, 2.45) is 0 Å². The van der Waals surface area contributed by atoms with E-state index in [9.17, 15) is 29.4 Å². The largest absolute Gasteiger partial charge is 2.00 e. The molecule has 4 unspecified atom stereocenters. The van der Waals surface area contributed by atoms with Crippen molar-refractivity contribution < 1.29 is 48.3 Å². The Morgan fingerprint density at radius 3 is 0.954 bits per heavy atom. The summed E-state index contributed by atoms with van der Waals surface area (Å²) in [7, 11) is 0. The fraction of sp³-hybridized carbons (Fsp3) is 0.704. The maximum absolute atomic E-state index is 11.4. The number of carboxylic acids is 2. The number of rotatable bonds is 40. The molecule has 0 bridgehead atoms. The molecule has 0 aliphatic carbocycles. The molecule has 2 aromatic rings. The maximum atomic E-state index is 11.4. The Balaban J connectivity index is 0.00000124. The molecule has 0 saturated heterocycles. The van der Waals surface area contributed by atoms with E-state index >= 15 is 0 Å². The predicted molar refractivity (Wildman–Crippen MR) is 258 cm³/mol. The average molecular weight is 1030 g/mol. The summed E-state index contributed by atoms with van der Waals surface area (Å²) < 4.78 is 22.9. The van der Waals surface area contributed by atoms with Gasteiger partial charge < -0.3 is 38.7 Å². The summed E-state index contributed by atoms with van der Waals surface area (Å²) in [6, 6.07) is 20.5. The Hall–Kier alpha value is -2.19. The molecule has 0 aliphatic heterocycles. The van der Waals surface area contributed by atoms with Crippen LogP contribution in [0.15, 0.2) is 60.7 Å². The quantitative estimate of drug-likeness (QED) is 0.0358. The van der Waals surface area contributed by atoms with Gasteiger partial charge in [-0.25, -0.2) is 0 Å². The van der Waals surface area contributed by atoms with Gasteiger partial charge in [-0.05, 0) is 115 Å².